The number of hydrogen-bond donors (Lipinski definition) is 5. The van der Waals surface area contributed by atoms with Gasteiger partial charge in [0.15, 0.2) is 0 Å². The number of unbranched alkanes of at least 4 members (excludes halogenated alkanes) is 6. The molecule has 45 heavy (non-hydrogen) atoms. The normalized spacial score (nSPS) is 20.4. The lowest BCUT2D eigenvalue weighted by Gasteiger charge is -2.24. The number of ether oxygens (including phenoxy) is 1. The van der Waals surface area contributed by atoms with Gasteiger partial charge in [-0.1, -0.05) is 87.9 Å². The van der Waals surface area contributed by atoms with Crippen LogP contribution in [-0.2, 0) is 41.6 Å². The van der Waals surface area contributed by atoms with Gasteiger partial charge in [0.1, 0.15) is 23.9 Å². The molecular weight excluding hydrogens is 576 g/mol. The van der Waals surface area contributed by atoms with Gasteiger partial charge in [0, 0.05) is 12.8 Å². The van der Waals surface area contributed by atoms with Crippen LogP contribution in [0.25, 0.3) is 0 Å². The topological polar surface area (TPSA) is 163 Å². The second kappa shape index (κ2) is 19.1. The first-order valence-electron chi connectivity index (χ1n) is 15.9. The van der Waals surface area contributed by atoms with Gasteiger partial charge < -0.3 is 31.1 Å². The van der Waals surface area contributed by atoms with Crippen LogP contribution in [0.1, 0.15) is 75.8 Å². The van der Waals surface area contributed by atoms with E-state index in [1.54, 1.807) is 12.1 Å². The number of carbonyl (C=O) groups excluding carboxylic acids is 5. The number of phenolic OH excluding ortho intramolecular Hbond substituents is 1. The van der Waals surface area contributed by atoms with Crippen LogP contribution in [0, 0.1) is 0 Å². The maximum Gasteiger partial charge on any atom is 0.329 e. The standard InChI is InChI=1S/C34H46N4O7/c1-2-3-4-5-6-7-11-14-27-21-30(40)35-22-31(41)37-28(19-25-15-17-26(39)18-16-25)33(43)36-23-32(42)38-29(34(44)45-27)20-24-12-9-8-10-13-24/h8-10,12-13,15-18,27-29,39H,2-7,11,14,19-23H2,1H3,(H,35,40)(H,36,43)(H,37,41)(H,38,42)/t27-,28-,29+/m1/s1. The molecule has 0 unspecified atom stereocenters. The fourth-order valence-electron chi connectivity index (χ4n) is 5.14. The van der Waals surface area contributed by atoms with Gasteiger partial charge in [0.2, 0.25) is 23.6 Å². The van der Waals surface area contributed by atoms with Crippen molar-refractivity contribution in [2.24, 2.45) is 0 Å². The second-order valence-corrected chi connectivity index (χ2v) is 11.5. The van der Waals surface area contributed by atoms with Gasteiger partial charge in [-0.25, -0.2) is 4.79 Å². The number of benzene rings is 2. The molecule has 1 aliphatic heterocycles. The molecule has 3 atom stereocenters. The molecule has 0 saturated carbocycles. The minimum absolute atomic E-state index is 0.0541. The Bertz CT molecular complexity index is 1250. The summed E-state index contributed by atoms with van der Waals surface area (Å²) in [6.07, 6.45) is 7.26. The summed E-state index contributed by atoms with van der Waals surface area (Å²) >= 11 is 0. The van der Waals surface area contributed by atoms with Crippen molar-refractivity contribution < 1.29 is 33.8 Å². The summed E-state index contributed by atoms with van der Waals surface area (Å²) in [7, 11) is 0. The monoisotopic (exact) mass is 622 g/mol. The zero-order valence-electron chi connectivity index (χ0n) is 26.0. The van der Waals surface area contributed by atoms with Crippen molar-refractivity contribution in [3.63, 3.8) is 0 Å². The van der Waals surface area contributed by atoms with Gasteiger partial charge in [-0.15, -0.1) is 0 Å². The van der Waals surface area contributed by atoms with Crippen LogP contribution in [0.4, 0.5) is 0 Å². The summed E-state index contributed by atoms with van der Waals surface area (Å²) < 4.78 is 5.82. The molecule has 0 aromatic heterocycles. The van der Waals surface area contributed by atoms with Crippen molar-refractivity contribution in [2.75, 3.05) is 13.1 Å². The third-order valence-corrected chi connectivity index (χ3v) is 7.63. The lowest BCUT2D eigenvalue weighted by molar-refractivity contribution is -0.154. The Kier molecular flexibility index (Phi) is 14.9. The molecule has 0 spiro atoms. The molecule has 1 saturated heterocycles. The van der Waals surface area contributed by atoms with E-state index in [9.17, 15) is 29.1 Å². The minimum Gasteiger partial charge on any atom is -0.508 e. The SMILES string of the molecule is CCCCCCCCC[C@@H]1CC(=O)NCC(=O)N[C@H](Cc2ccc(O)cc2)C(=O)NCC(=O)N[C@@H](Cc2ccccc2)C(=O)O1. The Hall–Kier alpha value is -4.41. The number of amides is 4. The van der Waals surface area contributed by atoms with Gasteiger partial charge in [-0.3, -0.25) is 19.2 Å². The van der Waals surface area contributed by atoms with E-state index in [1.807, 2.05) is 30.3 Å². The van der Waals surface area contributed by atoms with Gasteiger partial charge in [0.05, 0.1) is 19.5 Å². The van der Waals surface area contributed by atoms with Crippen molar-refractivity contribution in [3.8, 4) is 5.75 Å². The molecule has 4 amide bonds. The number of nitrogens with one attached hydrogen (secondary N) is 4. The first-order chi connectivity index (χ1) is 21.7. The van der Waals surface area contributed by atoms with E-state index in [-0.39, 0.29) is 31.6 Å². The van der Waals surface area contributed by atoms with Crippen LogP contribution in [0.5, 0.6) is 5.75 Å². The van der Waals surface area contributed by atoms with Crippen LogP contribution in [-0.4, -0.2) is 66.0 Å². The van der Waals surface area contributed by atoms with Crippen LogP contribution >= 0.6 is 0 Å². The number of rotatable bonds is 12. The molecule has 0 aliphatic carbocycles. The average Bonchev–Trinajstić information content (AvgIpc) is 3.02. The van der Waals surface area contributed by atoms with Crippen molar-refractivity contribution >= 4 is 29.6 Å². The van der Waals surface area contributed by atoms with Crippen LogP contribution in [0.15, 0.2) is 54.6 Å². The molecule has 0 radical (unpaired) electrons. The fourth-order valence-corrected chi connectivity index (χ4v) is 5.14. The third kappa shape index (κ3) is 13.4. The Morgan fingerprint density at radius 3 is 1.96 bits per heavy atom. The van der Waals surface area contributed by atoms with E-state index in [0.717, 1.165) is 37.7 Å². The summed E-state index contributed by atoms with van der Waals surface area (Å²) in [6, 6.07) is 13.2. The Balaban J connectivity index is 1.76. The predicted molar refractivity (Wildman–Crippen MR) is 169 cm³/mol. The average molecular weight is 623 g/mol. The molecule has 2 aromatic carbocycles. The molecule has 1 heterocycles. The predicted octanol–water partition coefficient (Wildman–Crippen LogP) is 2.84. The van der Waals surface area contributed by atoms with Gasteiger partial charge in [0.25, 0.3) is 0 Å². The summed E-state index contributed by atoms with van der Waals surface area (Å²) in [6.45, 7) is 1.35. The van der Waals surface area contributed by atoms with E-state index in [1.165, 1.54) is 25.0 Å². The number of aromatic hydroxyl groups is 1. The smallest absolute Gasteiger partial charge is 0.329 e. The lowest BCUT2D eigenvalue weighted by atomic mass is 10.0. The fraction of sp³-hybridized carbons (Fsp3) is 0.500. The van der Waals surface area contributed by atoms with Gasteiger partial charge in [-0.05, 0) is 36.1 Å². The third-order valence-electron chi connectivity index (χ3n) is 7.63. The largest absolute Gasteiger partial charge is 0.508 e. The summed E-state index contributed by atoms with van der Waals surface area (Å²) in [5, 5.41) is 20.0. The number of phenols is 1. The van der Waals surface area contributed by atoms with E-state index in [0.29, 0.717) is 12.0 Å². The van der Waals surface area contributed by atoms with Gasteiger partial charge >= 0.3 is 5.97 Å². The van der Waals surface area contributed by atoms with E-state index in [2.05, 4.69) is 28.2 Å². The van der Waals surface area contributed by atoms with Crippen molar-refractivity contribution in [2.45, 2.75) is 95.7 Å². The van der Waals surface area contributed by atoms with Crippen LogP contribution < -0.4 is 21.3 Å². The van der Waals surface area contributed by atoms with E-state index in [4.69, 9.17) is 4.74 Å². The molecule has 0 bridgehead atoms. The van der Waals surface area contributed by atoms with Gasteiger partial charge in [-0.2, -0.15) is 0 Å². The number of cyclic esters (lactones) is 1. The maximum absolute atomic E-state index is 13.4. The molecule has 11 nitrogen and oxygen atoms in total. The highest BCUT2D eigenvalue weighted by atomic mass is 16.5. The summed E-state index contributed by atoms with van der Waals surface area (Å²) in [5.41, 5.74) is 1.46. The minimum atomic E-state index is -1.06. The number of carbonyl (C=O) groups is 5. The van der Waals surface area contributed by atoms with Crippen LogP contribution in [0.2, 0.25) is 0 Å². The molecule has 3 rings (SSSR count). The maximum atomic E-state index is 13.4. The first kappa shape index (κ1) is 35.1. The quantitative estimate of drug-likeness (QED) is 0.180. The van der Waals surface area contributed by atoms with Crippen molar-refractivity contribution in [1.29, 1.82) is 0 Å². The summed E-state index contributed by atoms with van der Waals surface area (Å²) in [5.74, 6) is -2.91. The molecule has 5 N–H and O–H groups in total. The molecular formula is C34H46N4O7. The zero-order valence-corrected chi connectivity index (χ0v) is 26.0. The molecule has 244 valence electrons. The molecule has 1 aliphatic rings. The molecule has 2 aromatic rings. The van der Waals surface area contributed by atoms with Crippen molar-refractivity contribution in [3.05, 3.63) is 65.7 Å². The highest BCUT2D eigenvalue weighted by molar-refractivity contribution is 5.93. The second-order valence-electron chi connectivity index (χ2n) is 11.5. The highest BCUT2D eigenvalue weighted by Crippen LogP contribution is 2.16. The Morgan fingerprint density at radius 1 is 0.689 bits per heavy atom. The van der Waals surface area contributed by atoms with Crippen LogP contribution in [0.3, 0.4) is 0 Å². The highest BCUT2D eigenvalue weighted by Gasteiger charge is 2.29. The Labute approximate surface area is 264 Å². The number of esters is 1. The zero-order chi connectivity index (χ0) is 32.4. The lowest BCUT2D eigenvalue weighted by Crippen LogP contribution is -2.53. The molecule has 1 fully saturated rings. The summed E-state index contributed by atoms with van der Waals surface area (Å²) in [4.78, 5) is 65.1. The van der Waals surface area contributed by atoms with E-state index >= 15 is 0 Å². The molecule has 11 heteroatoms. The van der Waals surface area contributed by atoms with E-state index < -0.39 is 54.3 Å². The Morgan fingerprint density at radius 2 is 1.27 bits per heavy atom. The van der Waals surface area contributed by atoms with Crippen molar-refractivity contribution in [1.82, 2.24) is 21.3 Å². The first-order valence-corrected chi connectivity index (χ1v) is 15.9. The number of hydrogen-bond acceptors (Lipinski definition) is 7.